The molecule has 0 radical (unpaired) electrons. The minimum absolute atomic E-state index is 0.333. The molecule has 0 aliphatic carbocycles. The highest BCUT2D eigenvalue weighted by Gasteiger charge is 2.15. The van der Waals surface area contributed by atoms with Gasteiger partial charge < -0.3 is 5.73 Å². The van der Waals surface area contributed by atoms with Crippen LogP contribution in [0.1, 0.15) is 36.9 Å². The predicted molar refractivity (Wildman–Crippen MR) is 69.7 cm³/mol. The molecule has 0 amide bonds. The van der Waals surface area contributed by atoms with Crippen molar-refractivity contribution in [2.45, 2.75) is 45.2 Å². The van der Waals surface area contributed by atoms with Crippen LogP contribution in [-0.2, 0) is 13.6 Å². The molecule has 1 saturated heterocycles. The van der Waals surface area contributed by atoms with E-state index in [1.54, 1.807) is 0 Å². The number of likely N-dealkylation sites (tertiary alicyclic amines) is 1. The molecular weight excluding hydrogens is 212 g/mol. The Morgan fingerprint density at radius 2 is 2.24 bits per heavy atom. The zero-order chi connectivity index (χ0) is 12.3. The smallest absolute Gasteiger partial charge is 0.0793 e. The van der Waals surface area contributed by atoms with Gasteiger partial charge in [-0.05, 0) is 31.9 Å². The number of hydrogen-bond acceptors (Lipinski definition) is 3. The largest absolute Gasteiger partial charge is 0.327 e. The summed E-state index contributed by atoms with van der Waals surface area (Å²) in [5, 5.41) is 4.52. The molecule has 0 aromatic carbocycles. The van der Waals surface area contributed by atoms with Gasteiger partial charge in [-0.2, -0.15) is 5.10 Å². The minimum Gasteiger partial charge on any atom is -0.327 e. The molecule has 1 unspecified atom stereocenters. The maximum absolute atomic E-state index is 6.12. The molecule has 1 aliphatic heterocycles. The van der Waals surface area contributed by atoms with Gasteiger partial charge in [0.1, 0.15) is 0 Å². The first-order valence-electron chi connectivity index (χ1n) is 6.62. The van der Waals surface area contributed by atoms with Crippen LogP contribution in [-0.4, -0.2) is 33.8 Å². The van der Waals surface area contributed by atoms with E-state index in [0.29, 0.717) is 6.04 Å². The van der Waals surface area contributed by atoms with Crippen LogP contribution >= 0.6 is 0 Å². The van der Waals surface area contributed by atoms with Crippen LogP contribution in [0.5, 0.6) is 0 Å². The number of aryl methyl sites for hydroxylation is 2. The maximum Gasteiger partial charge on any atom is 0.0793 e. The van der Waals surface area contributed by atoms with Crippen LogP contribution in [0.2, 0.25) is 0 Å². The fraction of sp³-hybridized carbons (Fsp3) is 0.769. The van der Waals surface area contributed by atoms with Crippen molar-refractivity contribution in [1.29, 1.82) is 0 Å². The molecule has 96 valence electrons. The maximum atomic E-state index is 6.12. The fourth-order valence-corrected chi connectivity index (χ4v) is 2.60. The highest BCUT2D eigenvalue weighted by molar-refractivity contribution is 5.14. The molecule has 2 N–H and O–H groups in total. The van der Waals surface area contributed by atoms with E-state index in [0.717, 1.165) is 26.1 Å². The molecule has 4 nitrogen and oxygen atoms in total. The van der Waals surface area contributed by atoms with Crippen LogP contribution in [0.25, 0.3) is 0 Å². The number of aromatic nitrogens is 2. The lowest BCUT2D eigenvalue weighted by Gasteiger charge is -2.27. The summed E-state index contributed by atoms with van der Waals surface area (Å²) in [7, 11) is 1.98. The summed E-state index contributed by atoms with van der Waals surface area (Å²) >= 11 is 0. The van der Waals surface area contributed by atoms with E-state index >= 15 is 0 Å². The number of rotatable bonds is 2. The zero-order valence-corrected chi connectivity index (χ0v) is 11.0. The summed E-state index contributed by atoms with van der Waals surface area (Å²) < 4.78 is 1.90. The van der Waals surface area contributed by atoms with E-state index in [4.69, 9.17) is 5.73 Å². The van der Waals surface area contributed by atoms with Crippen molar-refractivity contribution in [2.24, 2.45) is 12.8 Å². The van der Waals surface area contributed by atoms with Crippen LogP contribution in [0, 0.1) is 6.92 Å². The van der Waals surface area contributed by atoms with Crippen molar-refractivity contribution >= 4 is 0 Å². The van der Waals surface area contributed by atoms with Crippen molar-refractivity contribution in [2.75, 3.05) is 13.1 Å². The number of nitrogens with zero attached hydrogens (tertiary/aromatic N) is 3. The van der Waals surface area contributed by atoms with Gasteiger partial charge in [0.05, 0.1) is 5.69 Å². The van der Waals surface area contributed by atoms with Gasteiger partial charge in [-0.25, -0.2) is 0 Å². The van der Waals surface area contributed by atoms with Crippen molar-refractivity contribution in [3.63, 3.8) is 0 Å². The highest BCUT2D eigenvalue weighted by atomic mass is 15.3. The third-order valence-electron chi connectivity index (χ3n) is 3.53. The first-order valence-corrected chi connectivity index (χ1v) is 6.62. The third-order valence-corrected chi connectivity index (χ3v) is 3.53. The molecule has 0 spiro atoms. The second-order valence-corrected chi connectivity index (χ2v) is 5.28. The molecule has 1 fully saturated rings. The van der Waals surface area contributed by atoms with Crippen molar-refractivity contribution in [1.82, 2.24) is 14.7 Å². The zero-order valence-electron chi connectivity index (χ0n) is 11.0. The Morgan fingerprint density at radius 1 is 1.41 bits per heavy atom. The lowest BCUT2D eigenvalue weighted by atomic mass is 10.0. The summed E-state index contributed by atoms with van der Waals surface area (Å²) in [4.78, 5) is 2.46. The average Bonchev–Trinajstić information content (AvgIpc) is 2.53. The SMILES string of the molecule is Cc1cn(C)nc1CN1CCCCCC(N)C1. The van der Waals surface area contributed by atoms with Crippen LogP contribution in [0.4, 0.5) is 0 Å². The molecular formula is C13H24N4. The molecule has 1 aliphatic rings. The second kappa shape index (κ2) is 5.65. The number of nitrogens with two attached hydrogens (primary N) is 1. The molecule has 2 heterocycles. The normalized spacial score (nSPS) is 23.4. The van der Waals surface area contributed by atoms with Gasteiger partial charge in [0.15, 0.2) is 0 Å². The quantitative estimate of drug-likeness (QED) is 0.845. The molecule has 1 aromatic heterocycles. The summed E-state index contributed by atoms with van der Waals surface area (Å²) in [6.45, 7) is 5.24. The number of hydrogen-bond donors (Lipinski definition) is 1. The molecule has 0 saturated carbocycles. The molecule has 0 bridgehead atoms. The fourth-order valence-electron chi connectivity index (χ4n) is 2.60. The Balaban J connectivity index is 1.98. The standard InChI is InChI=1S/C13H24N4/c1-11-8-16(2)15-13(11)10-17-7-5-3-4-6-12(14)9-17/h8,12H,3-7,9-10,14H2,1-2H3. The van der Waals surface area contributed by atoms with Gasteiger partial charge in [-0.15, -0.1) is 0 Å². The van der Waals surface area contributed by atoms with E-state index in [9.17, 15) is 0 Å². The van der Waals surface area contributed by atoms with E-state index in [1.165, 1.54) is 30.5 Å². The monoisotopic (exact) mass is 236 g/mol. The van der Waals surface area contributed by atoms with Gasteiger partial charge in [-0.1, -0.05) is 12.8 Å². The Bertz CT molecular complexity index is 358. The first kappa shape index (κ1) is 12.6. The predicted octanol–water partition coefficient (Wildman–Crippen LogP) is 1.43. The van der Waals surface area contributed by atoms with Gasteiger partial charge in [0.2, 0.25) is 0 Å². The lowest BCUT2D eigenvalue weighted by Crippen LogP contribution is -2.39. The minimum atomic E-state index is 0.333. The molecule has 4 heteroatoms. The Hall–Kier alpha value is -0.870. The van der Waals surface area contributed by atoms with Crippen molar-refractivity contribution < 1.29 is 0 Å². The first-order chi connectivity index (χ1) is 8.15. The summed E-state index contributed by atoms with van der Waals surface area (Å²) in [6.07, 6.45) is 7.14. The molecule has 1 aromatic rings. The molecule has 1 atom stereocenters. The second-order valence-electron chi connectivity index (χ2n) is 5.28. The van der Waals surface area contributed by atoms with Crippen LogP contribution < -0.4 is 5.73 Å². The lowest BCUT2D eigenvalue weighted by molar-refractivity contribution is 0.220. The van der Waals surface area contributed by atoms with Gasteiger partial charge in [-0.3, -0.25) is 9.58 Å². The van der Waals surface area contributed by atoms with E-state index in [2.05, 4.69) is 23.1 Å². The molecule has 17 heavy (non-hydrogen) atoms. The van der Waals surface area contributed by atoms with Crippen LogP contribution in [0.3, 0.4) is 0 Å². The summed E-state index contributed by atoms with van der Waals surface area (Å²) in [5.41, 5.74) is 8.60. The van der Waals surface area contributed by atoms with E-state index < -0.39 is 0 Å². The van der Waals surface area contributed by atoms with E-state index in [1.807, 2.05) is 11.7 Å². The van der Waals surface area contributed by atoms with Gasteiger partial charge in [0, 0.05) is 32.4 Å². The van der Waals surface area contributed by atoms with Crippen molar-refractivity contribution in [3.8, 4) is 0 Å². The Kier molecular flexibility index (Phi) is 4.18. The van der Waals surface area contributed by atoms with E-state index in [-0.39, 0.29) is 0 Å². The average molecular weight is 236 g/mol. The van der Waals surface area contributed by atoms with Gasteiger partial charge in [0.25, 0.3) is 0 Å². The Morgan fingerprint density at radius 3 is 2.94 bits per heavy atom. The van der Waals surface area contributed by atoms with Crippen LogP contribution in [0.15, 0.2) is 6.20 Å². The van der Waals surface area contributed by atoms with Crippen molar-refractivity contribution in [3.05, 3.63) is 17.5 Å². The highest BCUT2D eigenvalue weighted by Crippen LogP contribution is 2.14. The summed E-state index contributed by atoms with van der Waals surface area (Å²) in [5.74, 6) is 0. The molecule has 2 rings (SSSR count). The Labute approximate surface area is 104 Å². The van der Waals surface area contributed by atoms with Gasteiger partial charge >= 0.3 is 0 Å². The third kappa shape index (κ3) is 3.54. The summed E-state index contributed by atoms with van der Waals surface area (Å²) in [6, 6.07) is 0.333. The topological polar surface area (TPSA) is 47.1 Å².